The second-order valence-corrected chi connectivity index (χ2v) is 4.35. The molecule has 6 N–H and O–H groups in total. The van der Waals surface area contributed by atoms with Crippen LogP contribution in [-0.2, 0) is 0 Å². The largest absolute Gasteiger partial charge is 0.508 e. The zero-order valence-corrected chi connectivity index (χ0v) is 10.8. The Morgan fingerprint density at radius 1 is 0.700 bits per heavy atom. The van der Waals surface area contributed by atoms with Crippen LogP contribution in [0.5, 0.6) is 11.5 Å². The molecule has 0 heterocycles. The lowest BCUT2D eigenvalue weighted by molar-refractivity contribution is 0.475. The smallest absolute Gasteiger partial charge is 0.139 e. The second-order valence-electron chi connectivity index (χ2n) is 4.35. The number of aromatic hydroxyl groups is 2. The molecular weight excluding hydrogens is 252 g/mol. The first-order chi connectivity index (χ1) is 9.56. The van der Waals surface area contributed by atoms with Crippen LogP contribution < -0.4 is 11.5 Å². The lowest BCUT2D eigenvalue weighted by Crippen LogP contribution is -1.84. The molecule has 102 valence electrons. The molecule has 0 aliphatic carbocycles. The number of hydrogen-bond acceptors (Lipinski definition) is 4. The fourth-order valence-electron chi connectivity index (χ4n) is 1.77. The summed E-state index contributed by atoms with van der Waals surface area (Å²) in [5.74, 6) is 0.360. The molecule has 3 rings (SSSR count). The van der Waals surface area contributed by atoms with Crippen molar-refractivity contribution in [3.63, 3.8) is 0 Å². The lowest BCUT2D eigenvalue weighted by Gasteiger charge is -2.01. The first-order valence-electron chi connectivity index (χ1n) is 6.08. The summed E-state index contributed by atoms with van der Waals surface area (Å²) in [5, 5.41) is 20.1. The van der Waals surface area contributed by atoms with E-state index >= 15 is 0 Å². The molecule has 0 saturated carbocycles. The second kappa shape index (κ2) is 5.84. The third-order valence-corrected chi connectivity index (χ3v) is 2.77. The molecule has 0 unspecified atom stereocenters. The number of benzene rings is 3. The van der Waals surface area contributed by atoms with E-state index in [-0.39, 0.29) is 11.5 Å². The normalized spacial score (nSPS) is 9.80. The fraction of sp³-hybridized carbons (Fsp3) is 0. The van der Waals surface area contributed by atoms with Gasteiger partial charge in [-0.1, -0.05) is 30.3 Å². The Hall–Kier alpha value is -2.88. The molecule has 20 heavy (non-hydrogen) atoms. The summed E-state index contributed by atoms with van der Waals surface area (Å²) >= 11 is 0. The topological polar surface area (TPSA) is 92.5 Å². The van der Waals surface area contributed by atoms with Gasteiger partial charge in [0.1, 0.15) is 11.5 Å². The number of hydrogen-bond donors (Lipinski definition) is 4. The monoisotopic (exact) mass is 268 g/mol. The number of fused-ring (bicyclic) bond motifs is 1. The van der Waals surface area contributed by atoms with Crippen LogP contribution in [0.3, 0.4) is 0 Å². The minimum Gasteiger partial charge on any atom is -0.508 e. The number of nitrogens with two attached hydrogens (primary N) is 2. The standard InChI is InChI=1S/C10H9NO.C6H7NO/c11-9-5-7-3-1-2-4-8(7)6-10(9)12;7-5-2-1-3-6(8)4-5/h1-6,12H,11H2;1-4,8H,7H2. The maximum absolute atomic E-state index is 9.29. The Bertz CT molecular complexity index is 669. The summed E-state index contributed by atoms with van der Waals surface area (Å²) < 4.78 is 0. The molecule has 0 radical (unpaired) electrons. The van der Waals surface area contributed by atoms with Gasteiger partial charge in [0.2, 0.25) is 0 Å². The molecule has 0 saturated heterocycles. The van der Waals surface area contributed by atoms with E-state index in [1.807, 2.05) is 24.3 Å². The minimum absolute atomic E-state index is 0.147. The highest BCUT2D eigenvalue weighted by Gasteiger charge is 1.98. The van der Waals surface area contributed by atoms with E-state index in [9.17, 15) is 5.11 Å². The molecule has 0 amide bonds. The maximum atomic E-state index is 9.29. The average molecular weight is 268 g/mol. The van der Waals surface area contributed by atoms with E-state index in [1.165, 1.54) is 6.07 Å². The number of rotatable bonds is 0. The van der Waals surface area contributed by atoms with Gasteiger partial charge in [0.25, 0.3) is 0 Å². The summed E-state index contributed by atoms with van der Waals surface area (Å²) in [5.41, 5.74) is 11.8. The molecule has 4 heteroatoms. The predicted octanol–water partition coefficient (Wildman–Crippen LogP) is 3.10. The van der Waals surface area contributed by atoms with Crippen LogP contribution >= 0.6 is 0 Å². The predicted molar refractivity (Wildman–Crippen MR) is 82.5 cm³/mol. The van der Waals surface area contributed by atoms with E-state index < -0.39 is 0 Å². The van der Waals surface area contributed by atoms with Crippen LogP contribution in [0.2, 0.25) is 0 Å². The van der Waals surface area contributed by atoms with E-state index in [0.29, 0.717) is 11.4 Å². The minimum atomic E-state index is 0.147. The summed E-state index contributed by atoms with van der Waals surface area (Å²) in [4.78, 5) is 0. The fourth-order valence-corrected chi connectivity index (χ4v) is 1.77. The summed E-state index contributed by atoms with van der Waals surface area (Å²) in [7, 11) is 0. The quantitative estimate of drug-likeness (QED) is 0.372. The van der Waals surface area contributed by atoms with Gasteiger partial charge in [-0.2, -0.15) is 0 Å². The highest BCUT2D eigenvalue weighted by atomic mass is 16.3. The molecule has 0 aliphatic rings. The maximum Gasteiger partial charge on any atom is 0.139 e. The molecule has 3 aromatic rings. The Morgan fingerprint density at radius 2 is 1.35 bits per heavy atom. The van der Waals surface area contributed by atoms with Crippen molar-refractivity contribution in [2.24, 2.45) is 0 Å². The third kappa shape index (κ3) is 3.32. The van der Waals surface area contributed by atoms with Crippen molar-refractivity contribution >= 4 is 22.1 Å². The summed E-state index contributed by atoms with van der Waals surface area (Å²) in [6.07, 6.45) is 0. The van der Waals surface area contributed by atoms with Gasteiger partial charge < -0.3 is 21.7 Å². The molecule has 4 nitrogen and oxygen atoms in total. The lowest BCUT2D eigenvalue weighted by atomic mass is 10.1. The van der Waals surface area contributed by atoms with Crippen LogP contribution in [-0.4, -0.2) is 10.2 Å². The summed E-state index contributed by atoms with van der Waals surface area (Å²) in [6.45, 7) is 0. The van der Waals surface area contributed by atoms with E-state index in [2.05, 4.69) is 0 Å². The number of phenols is 2. The van der Waals surface area contributed by atoms with Crippen LogP contribution in [0.1, 0.15) is 0 Å². The number of phenolic OH excluding ortho intramolecular Hbond substituents is 2. The van der Waals surface area contributed by atoms with Crippen molar-refractivity contribution in [3.05, 3.63) is 60.7 Å². The van der Waals surface area contributed by atoms with Crippen LogP contribution in [0.4, 0.5) is 11.4 Å². The van der Waals surface area contributed by atoms with E-state index in [0.717, 1.165) is 10.8 Å². The summed E-state index contributed by atoms with van der Waals surface area (Å²) in [6, 6.07) is 17.7. The zero-order valence-electron chi connectivity index (χ0n) is 10.8. The van der Waals surface area contributed by atoms with Crippen molar-refractivity contribution in [1.82, 2.24) is 0 Å². The first-order valence-corrected chi connectivity index (χ1v) is 6.08. The van der Waals surface area contributed by atoms with Gasteiger partial charge in [-0.25, -0.2) is 0 Å². The molecule has 3 aromatic carbocycles. The Kier molecular flexibility index (Phi) is 3.96. The number of anilines is 2. The van der Waals surface area contributed by atoms with E-state index in [4.69, 9.17) is 16.6 Å². The highest BCUT2D eigenvalue weighted by Crippen LogP contribution is 2.26. The van der Waals surface area contributed by atoms with Crippen molar-refractivity contribution in [2.45, 2.75) is 0 Å². The number of nitrogen functional groups attached to an aromatic ring is 2. The van der Waals surface area contributed by atoms with Crippen LogP contribution in [0.15, 0.2) is 60.7 Å². The first kappa shape index (κ1) is 13.5. The Morgan fingerprint density at radius 3 is 1.90 bits per heavy atom. The molecule has 0 aliphatic heterocycles. The van der Waals surface area contributed by atoms with Gasteiger partial charge >= 0.3 is 0 Å². The molecular formula is C16H16N2O2. The van der Waals surface area contributed by atoms with Gasteiger partial charge in [0.15, 0.2) is 0 Å². The van der Waals surface area contributed by atoms with Gasteiger partial charge in [0.05, 0.1) is 5.69 Å². The molecule has 0 aromatic heterocycles. The SMILES string of the molecule is Nc1cc2ccccc2cc1O.Nc1cccc(O)c1. The highest BCUT2D eigenvalue weighted by molar-refractivity contribution is 5.87. The van der Waals surface area contributed by atoms with Crippen molar-refractivity contribution in [1.29, 1.82) is 0 Å². The average Bonchev–Trinajstić information content (AvgIpc) is 2.40. The Balaban J connectivity index is 0.000000160. The van der Waals surface area contributed by atoms with Crippen LogP contribution in [0, 0.1) is 0 Å². The van der Waals surface area contributed by atoms with E-state index in [1.54, 1.807) is 30.3 Å². The van der Waals surface area contributed by atoms with Gasteiger partial charge in [-0.05, 0) is 35.0 Å². The Labute approximate surface area is 116 Å². The van der Waals surface area contributed by atoms with Gasteiger partial charge in [-0.15, -0.1) is 0 Å². The zero-order chi connectivity index (χ0) is 14.5. The van der Waals surface area contributed by atoms with Gasteiger partial charge in [-0.3, -0.25) is 0 Å². The molecule has 0 fully saturated rings. The van der Waals surface area contributed by atoms with Crippen molar-refractivity contribution < 1.29 is 10.2 Å². The molecule has 0 bridgehead atoms. The van der Waals surface area contributed by atoms with Crippen LogP contribution in [0.25, 0.3) is 10.8 Å². The van der Waals surface area contributed by atoms with Crippen molar-refractivity contribution in [3.8, 4) is 11.5 Å². The third-order valence-electron chi connectivity index (χ3n) is 2.77. The molecule has 0 spiro atoms. The molecule has 0 atom stereocenters. The van der Waals surface area contributed by atoms with Crippen molar-refractivity contribution in [2.75, 3.05) is 11.5 Å². The van der Waals surface area contributed by atoms with Gasteiger partial charge in [0, 0.05) is 11.8 Å².